The molecule has 0 bridgehead atoms. The molecule has 78 valence electrons. The van der Waals surface area contributed by atoms with Gasteiger partial charge in [0.25, 0.3) is 0 Å². The first-order chi connectivity index (χ1) is 6.09. The van der Waals surface area contributed by atoms with Crippen molar-refractivity contribution in [3.8, 4) is 0 Å². The zero-order chi connectivity index (χ0) is 9.90. The van der Waals surface area contributed by atoms with Crippen LogP contribution in [0.2, 0.25) is 0 Å². The second-order valence-electron chi connectivity index (χ2n) is 4.11. The number of hydrogen-bond acceptors (Lipinski definition) is 3. The number of rotatable bonds is 4. The van der Waals surface area contributed by atoms with Crippen molar-refractivity contribution >= 4 is 0 Å². The Labute approximate surface area is 80.4 Å². The Morgan fingerprint density at radius 1 is 1.38 bits per heavy atom. The summed E-state index contributed by atoms with van der Waals surface area (Å²) in [7, 11) is 0. The first-order valence-electron chi connectivity index (χ1n) is 5.22. The van der Waals surface area contributed by atoms with Gasteiger partial charge in [0.15, 0.2) is 0 Å². The third kappa shape index (κ3) is 2.93. The SMILES string of the molecule is CCC(O)(CC)CN1CC[C@H](O)C1. The second-order valence-corrected chi connectivity index (χ2v) is 4.11. The van der Waals surface area contributed by atoms with Crippen LogP contribution in [0.25, 0.3) is 0 Å². The largest absolute Gasteiger partial charge is 0.392 e. The highest BCUT2D eigenvalue weighted by atomic mass is 16.3. The highest BCUT2D eigenvalue weighted by molar-refractivity contribution is 4.84. The molecule has 0 aromatic rings. The van der Waals surface area contributed by atoms with E-state index < -0.39 is 5.60 Å². The van der Waals surface area contributed by atoms with Gasteiger partial charge in [0, 0.05) is 19.6 Å². The predicted octanol–water partition coefficient (Wildman–Crippen LogP) is 0.604. The van der Waals surface area contributed by atoms with E-state index in [0.29, 0.717) is 6.54 Å². The van der Waals surface area contributed by atoms with Crippen molar-refractivity contribution in [2.45, 2.75) is 44.8 Å². The monoisotopic (exact) mass is 187 g/mol. The van der Waals surface area contributed by atoms with Crippen LogP contribution in [-0.2, 0) is 0 Å². The molecule has 1 fully saturated rings. The van der Waals surface area contributed by atoms with Gasteiger partial charge in [0.1, 0.15) is 0 Å². The maximum Gasteiger partial charge on any atom is 0.0768 e. The van der Waals surface area contributed by atoms with Crippen LogP contribution in [0.15, 0.2) is 0 Å². The Kier molecular flexibility index (Phi) is 3.71. The summed E-state index contributed by atoms with van der Waals surface area (Å²) in [4.78, 5) is 2.15. The molecule has 0 spiro atoms. The van der Waals surface area contributed by atoms with Gasteiger partial charge in [-0.2, -0.15) is 0 Å². The summed E-state index contributed by atoms with van der Waals surface area (Å²) < 4.78 is 0. The normalized spacial score (nSPS) is 25.4. The zero-order valence-corrected chi connectivity index (χ0v) is 8.66. The van der Waals surface area contributed by atoms with Gasteiger partial charge in [-0.15, -0.1) is 0 Å². The third-order valence-electron chi connectivity index (χ3n) is 3.08. The zero-order valence-electron chi connectivity index (χ0n) is 8.66. The van der Waals surface area contributed by atoms with Gasteiger partial charge in [-0.1, -0.05) is 13.8 Å². The summed E-state index contributed by atoms with van der Waals surface area (Å²) in [6.45, 7) is 6.37. The molecule has 3 heteroatoms. The van der Waals surface area contributed by atoms with E-state index in [-0.39, 0.29) is 6.10 Å². The lowest BCUT2D eigenvalue weighted by atomic mass is 9.97. The highest BCUT2D eigenvalue weighted by Crippen LogP contribution is 2.19. The first-order valence-corrected chi connectivity index (χ1v) is 5.22. The van der Waals surface area contributed by atoms with Gasteiger partial charge in [0.05, 0.1) is 11.7 Å². The topological polar surface area (TPSA) is 43.7 Å². The van der Waals surface area contributed by atoms with Crippen molar-refractivity contribution in [2.75, 3.05) is 19.6 Å². The minimum atomic E-state index is -0.552. The molecule has 0 unspecified atom stereocenters. The number of aliphatic hydroxyl groups excluding tert-OH is 1. The summed E-state index contributed by atoms with van der Waals surface area (Å²) >= 11 is 0. The molecule has 1 heterocycles. The van der Waals surface area contributed by atoms with Crippen molar-refractivity contribution in [3.63, 3.8) is 0 Å². The lowest BCUT2D eigenvalue weighted by Gasteiger charge is -2.30. The Bertz CT molecular complexity index is 157. The lowest BCUT2D eigenvalue weighted by Crippen LogP contribution is -2.41. The lowest BCUT2D eigenvalue weighted by molar-refractivity contribution is -0.0000959. The molecule has 1 aliphatic rings. The van der Waals surface area contributed by atoms with Crippen LogP contribution in [0.5, 0.6) is 0 Å². The fourth-order valence-electron chi connectivity index (χ4n) is 1.85. The van der Waals surface area contributed by atoms with E-state index in [0.717, 1.165) is 32.4 Å². The number of nitrogens with zero attached hydrogens (tertiary/aromatic N) is 1. The van der Waals surface area contributed by atoms with Crippen molar-refractivity contribution in [1.29, 1.82) is 0 Å². The first kappa shape index (κ1) is 11.0. The fraction of sp³-hybridized carbons (Fsp3) is 1.00. The molecule has 1 rings (SSSR count). The molecule has 13 heavy (non-hydrogen) atoms. The second kappa shape index (κ2) is 4.40. The van der Waals surface area contributed by atoms with Gasteiger partial charge in [0.2, 0.25) is 0 Å². The van der Waals surface area contributed by atoms with E-state index >= 15 is 0 Å². The number of likely N-dealkylation sites (tertiary alicyclic amines) is 1. The van der Waals surface area contributed by atoms with Crippen LogP contribution in [-0.4, -0.2) is 46.5 Å². The van der Waals surface area contributed by atoms with Gasteiger partial charge in [-0.3, -0.25) is 4.90 Å². The minimum absolute atomic E-state index is 0.182. The smallest absolute Gasteiger partial charge is 0.0768 e. The average Bonchev–Trinajstić information content (AvgIpc) is 2.51. The summed E-state index contributed by atoms with van der Waals surface area (Å²) in [5.74, 6) is 0. The van der Waals surface area contributed by atoms with Gasteiger partial charge < -0.3 is 10.2 Å². The number of hydrogen-bond donors (Lipinski definition) is 2. The molecule has 0 aromatic carbocycles. The van der Waals surface area contributed by atoms with Crippen molar-refractivity contribution in [2.24, 2.45) is 0 Å². The summed E-state index contributed by atoms with van der Waals surface area (Å²) in [5.41, 5.74) is -0.552. The molecule has 0 amide bonds. The Morgan fingerprint density at radius 3 is 2.38 bits per heavy atom. The van der Waals surface area contributed by atoms with Gasteiger partial charge >= 0.3 is 0 Å². The van der Waals surface area contributed by atoms with E-state index in [1.165, 1.54) is 0 Å². The minimum Gasteiger partial charge on any atom is -0.392 e. The molecule has 0 aromatic heterocycles. The quantitative estimate of drug-likeness (QED) is 0.677. The van der Waals surface area contributed by atoms with Gasteiger partial charge in [-0.25, -0.2) is 0 Å². The Hall–Kier alpha value is -0.120. The van der Waals surface area contributed by atoms with Crippen LogP contribution in [0.3, 0.4) is 0 Å². The van der Waals surface area contributed by atoms with Crippen LogP contribution in [0.1, 0.15) is 33.1 Å². The summed E-state index contributed by atoms with van der Waals surface area (Å²) in [6, 6.07) is 0. The molecular formula is C10H21NO2. The summed E-state index contributed by atoms with van der Waals surface area (Å²) in [6.07, 6.45) is 2.24. The van der Waals surface area contributed by atoms with Crippen molar-refractivity contribution < 1.29 is 10.2 Å². The van der Waals surface area contributed by atoms with E-state index in [1.54, 1.807) is 0 Å². The maximum atomic E-state index is 10.1. The standard InChI is InChI=1S/C10H21NO2/c1-3-10(13,4-2)8-11-6-5-9(12)7-11/h9,12-13H,3-8H2,1-2H3/t9-/m0/s1. The maximum absolute atomic E-state index is 10.1. The van der Waals surface area contributed by atoms with Crippen LogP contribution in [0.4, 0.5) is 0 Å². The van der Waals surface area contributed by atoms with E-state index in [2.05, 4.69) is 4.90 Å². The van der Waals surface area contributed by atoms with E-state index in [1.807, 2.05) is 13.8 Å². The fourth-order valence-corrected chi connectivity index (χ4v) is 1.85. The molecule has 0 saturated carbocycles. The van der Waals surface area contributed by atoms with Crippen LogP contribution in [0, 0.1) is 0 Å². The molecular weight excluding hydrogens is 166 g/mol. The summed E-state index contributed by atoms with van der Waals surface area (Å²) in [5, 5.41) is 19.4. The van der Waals surface area contributed by atoms with Crippen LogP contribution < -0.4 is 0 Å². The Balaban J connectivity index is 2.38. The van der Waals surface area contributed by atoms with Gasteiger partial charge in [-0.05, 0) is 19.3 Å². The molecule has 0 radical (unpaired) electrons. The molecule has 1 saturated heterocycles. The van der Waals surface area contributed by atoms with Crippen molar-refractivity contribution in [1.82, 2.24) is 4.90 Å². The van der Waals surface area contributed by atoms with Crippen LogP contribution >= 0.6 is 0 Å². The highest BCUT2D eigenvalue weighted by Gasteiger charge is 2.29. The third-order valence-corrected chi connectivity index (χ3v) is 3.08. The van der Waals surface area contributed by atoms with E-state index in [9.17, 15) is 10.2 Å². The molecule has 2 N–H and O–H groups in total. The molecule has 1 aliphatic heterocycles. The predicted molar refractivity (Wildman–Crippen MR) is 52.6 cm³/mol. The molecule has 0 aliphatic carbocycles. The molecule has 3 nitrogen and oxygen atoms in total. The number of β-amino-alcohol motifs (C(OH)–C–C–N with tert-alkyl or cyclic N) is 2. The number of aliphatic hydroxyl groups is 2. The van der Waals surface area contributed by atoms with Crippen molar-refractivity contribution in [3.05, 3.63) is 0 Å². The van der Waals surface area contributed by atoms with E-state index in [4.69, 9.17) is 0 Å². The molecule has 1 atom stereocenters. The average molecular weight is 187 g/mol. The Morgan fingerprint density at radius 2 is 2.00 bits per heavy atom.